The van der Waals surface area contributed by atoms with Crippen LogP contribution in [0.2, 0.25) is 0 Å². The molecule has 0 radical (unpaired) electrons. The molecule has 4 N–H and O–H groups in total. The predicted molar refractivity (Wildman–Crippen MR) is 87.3 cm³/mol. The lowest BCUT2D eigenvalue weighted by molar-refractivity contribution is -0.0235. The molecule has 0 aromatic heterocycles. The highest BCUT2D eigenvalue weighted by Crippen LogP contribution is 2.31. The Bertz CT molecular complexity index is 447. The van der Waals surface area contributed by atoms with Crippen LogP contribution in [0, 0.1) is 0 Å². The minimum absolute atomic E-state index is 0. The van der Waals surface area contributed by atoms with E-state index in [1.807, 2.05) is 24.3 Å². The van der Waals surface area contributed by atoms with Crippen molar-refractivity contribution < 1.29 is 9.84 Å². The Balaban J connectivity index is 0.00000180. The average molecular weight is 377 g/mol. The molecule has 5 nitrogen and oxygen atoms in total. The highest BCUT2D eigenvalue weighted by atomic mass is 127. The van der Waals surface area contributed by atoms with Gasteiger partial charge in [0.1, 0.15) is 5.75 Å². The third-order valence-electron chi connectivity index (χ3n) is 3.17. The highest BCUT2D eigenvalue weighted by molar-refractivity contribution is 14.0. The number of aliphatic imine (C=N–C) groups is 1. The summed E-state index contributed by atoms with van der Waals surface area (Å²) >= 11 is 0. The normalized spacial score (nSPS) is 17.1. The monoisotopic (exact) mass is 377 g/mol. The number of benzene rings is 1. The van der Waals surface area contributed by atoms with Crippen LogP contribution >= 0.6 is 24.0 Å². The molecule has 2 rings (SSSR count). The number of anilines is 1. The highest BCUT2D eigenvalue weighted by Gasteiger charge is 2.33. The van der Waals surface area contributed by atoms with E-state index in [9.17, 15) is 5.11 Å². The lowest BCUT2D eigenvalue weighted by atomic mass is 9.80. The first-order chi connectivity index (χ1) is 8.61. The fourth-order valence-corrected chi connectivity index (χ4v) is 1.86. The van der Waals surface area contributed by atoms with Crippen molar-refractivity contribution >= 4 is 35.6 Å². The SMILES string of the molecule is COc1cccc(NC(N)=NCC2(O)CCC2)c1.I. The molecule has 0 amide bonds. The molecule has 0 unspecified atom stereocenters. The third kappa shape index (κ3) is 4.54. The number of halogens is 1. The molecule has 1 aliphatic rings. The Labute approximate surface area is 130 Å². The molecule has 1 saturated carbocycles. The van der Waals surface area contributed by atoms with Crippen molar-refractivity contribution in [3.8, 4) is 5.75 Å². The summed E-state index contributed by atoms with van der Waals surface area (Å²) in [7, 11) is 1.61. The summed E-state index contributed by atoms with van der Waals surface area (Å²) in [4.78, 5) is 4.16. The summed E-state index contributed by atoms with van der Waals surface area (Å²) in [6, 6.07) is 7.44. The largest absolute Gasteiger partial charge is 0.497 e. The molecule has 1 fully saturated rings. The van der Waals surface area contributed by atoms with E-state index >= 15 is 0 Å². The molecule has 0 bridgehead atoms. The lowest BCUT2D eigenvalue weighted by Crippen LogP contribution is -2.41. The van der Waals surface area contributed by atoms with Crippen molar-refractivity contribution in [2.75, 3.05) is 19.0 Å². The predicted octanol–water partition coefficient (Wildman–Crippen LogP) is 1.95. The van der Waals surface area contributed by atoms with E-state index < -0.39 is 5.60 Å². The van der Waals surface area contributed by atoms with Gasteiger partial charge in [-0.25, -0.2) is 0 Å². The van der Waals surface area contributed by atoms with Gasteiger partial charge in [0.15, 0.2) is 5.96 Å². The van der Waals surface area contributed by atoms with Crippen molar-refractivity contribution in [1.29, 1.82) is 0 Å². The third-order valence-corrected chi connectivity index (χ3v) is 3.17. The molecule has 19 heavy (non-hydrogen) atoms. The average Bonchev–Trinajstić information content (AvgIpc) is 2.34. The van der Waals surface area contributed by atoms with Gasteiger partial charge in [-0.1, -0.05) is 6.07 Å². The second kappa shape index (κ2) is 6.95. The van der Waals surface area contributed by atoms with Crippen LogP contribution in [0.25, 0.3) is 0 Å². The first-order valence-corrected chi connectivity index (χ1v) is 6.05. The summed E-state index contributed by atoms with van der Waals surface area (Å²) < 4.78 is 5.12. The van der Waals surface area contributed by atoms with Crippen LogP contribution in [0.5, 0.6) is 5.75 Å². The molecule has 1 aromatic rings. The quantitative estimate of drug-likeness (QED) is 0.426. The maximum Gasteiger partial charge on any atom is 0.193 e. The number of guanidine groups is 1. The Morgan fingerprint density at radius 1 is 1.53 bits per heavy atom. The van der Waals surface area contributed by atoms with E-state index in [-0.39, 0.29) is 24.0 Å². The number of ether oxygens (including phenoxy) is 1. The number of hydrogen-bond donors (Lipinski definition) is 3. The molecule has 0 heterocycles. The van der Waals surface area contributed by atoms with Crippen molar-refractivity contribution in [2.45, 2.75) is 24.9 Å². The van der Waals surface area contributed by atoms with Gasteiger partial charge in [-0.05, 0) is 31.4 Å². The maximum absolute atomic E-state index is 9.90. The van der Waals surface area contributed by atoms with Gasteiger partial charge in [0, 0.05) is 11.8 Å². The fourth-order valence-electron chi connectivity index (χ4n) is 1.86. The van der Waals surface area contributed by atoms with Gasteiger partial charge in [-0.15, -0.1) is 24.0 Å². The molecular formula is C13H20IN3O2. The topological polar surface area (TPSA) is 79.9 Å². The smallest absolute Gasteiger partial charge is 0.193 e. The number of nitrogens with two attached hydrogens (primary N) is 1. The van der Waals surface area contributed by atoms with Crippen LogP contribution in [0.3, 0.4) is 0 Å². The second-order valence-corrected chi connectivity index (χ2v) is 4.64. The molecule has 0 spiro atoms. The Hall–Kier alpha value is -1.02. The molecule has 0 aliphatic heterocycles. The molecular weight excluding hydrogens is 357 g/mol. The van der Waals surface area contributed by atoms with Crippen LogP contribution in [0.4, 0.5) is 5.69 Å². The molecule has 1 aromatic carbocycles. The van der Waals surface area contributed by atoms with Crippen molar-refractivity contribution in [2.24, 2.45) is 10.7 Å². The molecule has 0 atom stereocenters. The second-order valence-electron chi connectivity index (χ2n) is 4.64. The first kappa shape index (κ1) is 16.0. The molecule has 106 valence electrons. The van der Waals surface area contributed by atoms with Crippen molar-refractivity contribution in [1.82, 2.24) is 0 Å². The van der Waals surface area contributed by atoms with Crippen LogP contribution < -0.4 is 15.8 Å². The molecule has 1 aliphatic carbocycles. The number of aliphatic hydroxyl groups is 1. The summed E-state index contributed by atoms with van der Waals surface area (Å²) in [6.45, 7) is 0.357. The summed E-state index contributed by atoms with van der Waals surface area (Å²) in [5.41, 5.74) is 5.95. The summed E-state index contributed by atoms with van der Waals surface area (Å²) in [6.07, 6.45) is 2.68. The minimum atomic E-state index is -0.638. The van der Waals surface area contributed by atoms with Crippen molar-refractivity contribution in [3.05, 3.63) is 24.3 Å². The van der Waals surface area contributed by atoms with Crippen molar-refractivity contribution in [3.63, 3.8) is 0 Å². The van der Waals surface area contributed by atoms with Gasteiger partial charge in [-0.2, -0.15) is 0 Å². The zero-order valence-electron chi connectivity index (χ0n) is 10.9. The van der Waals surface area contributed by atoms with Gasteiger partial charge in [0.05, 0.1) is 19.3 Å². The van der Waals surface area contributed by atoms with Gasteiger partial charge >= 0.3 is 0 Å². The number of rotatable bonds is 4. The molecule has 0 saturated heterocycles. The number of hydrogen-bond acceptors (Lipinski definition) is 3. The van der Waals surface area contributed by atoms with E-state index in [0.717, 1.165) is 30.7 Å². The summed E-state index contributed by atoms with van der Waals surface area (Å²) in [5, 5.41) is 12.9. The van der Waals surface area contributed by atoms with Gasteiger partial charge in [0.2, 0.25) is 0 Å². The fraction of sp³-hybridized carbons (Fsp3) is 0.462. The summed E-state index contributed by atoms with van der Waals surface area (Å²) in [5.74, 6) is 1.06. The number of methoxy groups -OCH3 is 1. The standard InChI is InChI=1S/C13H19N3O2.HI/c1-18-11-5-2-4-10(8-11)16-12(14)15-9-13(17)6-3-7-13;/h2,4-5,8,17H,3,6-7,9H2,1H3,(H3,14,15,16);1H. The van der Waals surface area contributed by atoms with Crippen LogP contribution in [0.15, 0.2) is 29.3 Å². The van der Waals surface area contributed by atoms with Gasteiger partial charge in [0.25, 0.3) is 0 Å². The zero-order chi connectivity index (χ0) is 13.0. The number of nitrogens with zero attached hydrogens (tertiary/aromatic N) is 1. The van der Waals surface area contributed by atoms with Crippen LogP contribution in [-0.2, 0) is 0 Å². The Morgan fingerprint density at radius 3 is 2.84 bits per heavy atom. The molecule has 6 heteroatoms. The van der Waals surface area contributed by atoms with E-state index in [1.54, 1.807) is 7.11 Å². The Kier molecular flexibility index (Phi) is 5.86. The van der Waals surface area contributed by atoms with Crippen LogP contribution in [0.1, 0.15) is 19.3 Å². The lowest BCUT2D eigenvalue weighted by Gasteiger charge is -2.34. The maximum atomic E-state index is 9.90. The first-order valence-electron chi connectivity index (χ1n) is 6.05. The van der Waals surface area contributed by atoms with Crippen LogP contribution in [-0.4, -0.2) is 30.3 Å². The van der Waals surface area contributed by atoms with Gasteiger partial charge < -0.3 is 20.9 Å². The van der Waals surface area contributed by atoms with E-state index in [2.05, 4.69) is 10.3 Å². The minimum Gasteiger partial charge on any atom is -0.497 e. The van der Waals surface area contributed by atoms with Gasteiger partial charge in [-0.3, -0.25) is 4.99 Å². The van der Waals surface area contributed by atoms with E-state index in [0.29, 0.717) is 12.5 Å². The Morgan fingerprint density at radius 2 is 2.26 bits per heavy atom. The zero-order valence-corrected chi connectivity index (χ0v) is 13.3. The van der Waals surface area contributed by atoms with E-state index in [4.69, 9.17) is 10.5 Å². The van der Waals surface area contributed by atoms with E-state index in [1.165, 1.54) is 0 Å². The number of nitrogens with one attached hydrogen (secondary N) is 1.